The Labute approximate surface area is 198 Å². The average molecular weight is 456 g/mol. The van der Waals surface area contributed by atoms with Gasteiger partial charge in [-0.25, -0.2) is 9.29 Å². The molecule has 1 N–H and O–H groups in total. The van der Waals surface area contributed by atoms with E-state index in [0.717, 1.165) is 29.9 Å². The van der Waals surface area contributed by atoms with Crippen LogP contribution < -0.4 is 15.1 Å². The highest BCUT2D eigenvalue weighted by atomic mass is 19.1. The van der Waals surface area contributed by atoms with Gasteiger partial charge in [0, 0.05) is 24.5 Å². The second-order valence-electron chi connectivity index (χ2n) is 8.86. The molecule has 0 aliphatic carbocycles. The van der Waals surface area contributed by atoms with Crippen molar-refractivity contribution in [3.8, 4) is 0 Å². The Kier molecular flexibility index (Phi) is 5.65. The van der Waals surface area contributed by atoms with Gasteiger partial charge >= 0.3 is 0 Å². The third-order valence-corrected chi connectivity index (χ3v) is 6.43. The number of carbonyl (C=O) groups excluding carboxylic acids is 2. The zero-order chi connectivity index (χ0) is 23.8. The average Bonchev–Trinajstić information content (AvgIpc) is 3.45. The van der Waals surface area contributed by atoms with Crippen LogP contribution in [0.1, 0.15) is 29.5 Å². The highest BCUT2D eigenvalue weighted by Gasteiger charge is 2.40. The van der Waals surface area contributed by atoms with E-state index in [9.17, 15) is 14.0 Å². The number of nitrogens with one attached hydrogen (secondary N) is 1. The van der Waals surface area contributed by atoms with Gasteiger partial charge in [-0.05, 0) is 85.8 Å². The van der Waals surface area contributed by atoms with Gasteiger partial charge in [0.15, 0.2) is 0 Å². The van der Waals surface area contributed by atoms with Gasteiger partial charge in [-0.2, -0.15) is 0 Å². The summed E-state index contributed by atoms with van der Waals surface area (Å²) >= 11 is 0. The molecule has 0 spiro atoms. The zero-order valence-corrected chi connectivity index (χ0v) is 19.3. The molecule has 2 amide bonds. The summed E-state index contributed by atoms with van der Waals surface area (Å²) < 4.78 is 13.6. The second-order valence-corrected chi connectivity index (χ2v) is 8.86. The van der Waals surface area contributed by atoms with Crippen LogP contribution in [0, 0.1) is 19.7 Å². The first-order valence-electron chi connectivity index (χ1n) is 11.5. The lowest BCUT2D eigenvalue weighted by Gasteiger charge is -2.19. The van der Waals surface area contributed by atoms with Crippen molar-refractivity contribution < 1.29 is 14.0 Å². The van der Waals surface area contributed by atoms with E-state index in [0.29, 0.717) is 16.9 Å². The van der Waals surface area contributed by atoms with Crippen LogP contribution in [0.4, 0.5) is 21.5 Å². The van der Waals surface area contributed by atoms with E-state index in [-0.39, 0.29) is 11.3 Å². The number of halogens is 1. The van der Waals surface area contributed by atoms with Gasteiger partial charge < -0.3 is 10.2 Å². The predicted molar refractivity (Wildman–Crippen MR) is 133 cm³/mol. The van der Waals surface area contributed by atoms with Gasteiger partial charge in [0.1, 0.15) is 11.5 Å². The van der Waals surface area contributed by atoms with Crippen LogP contribution in [0.25, 0.3) is 5.57 Å². The lowest BCUT2D eigenvalue weighted by atomic mass is 10.0. The first kappa shape index (κ1) is 21.9. The third kappa shape index (κ3) is 3.96. The normalized spacial score (nSPS) is 16.1. The van der Waals surface area contributed by atoms with Crippen LogP contribution in [-0.2, 0) is 9.59 Å². The van der Waals surface area contributed by atoms with Crippen molar-refractivity contribution in [3.05, 3.63) is 94.9 Å². The van der Waals surface area contributed by atoms with E-state index >= 15 is 0 Å². The molecule has 2 aliphatic heterocycles. The van der Waals surface area contributed by atoms with Gasteiger partial charge in [-0.1, -0.05) is 24.3 Å². The molecule has 1 saturated heterocycles. The zero-order valence-electron chi connectivity index (χ0n) is 19.3. The van der Waals surface area contributed by atoms with Crippen LogP contribution in [-0.4, -0.2) is 24.9 Å². The lowest BCUT2D eigenvalue weighted by molar-refractivity contribution is -0.120. The van der Waals surface area contributed by atoms with E-state index in [4.69, 9.17) is 0 Å². The number of nitrogens with zero attached hydrogens (tertiary/aromatic N) is 2. The molecule has 0 atom stereocenters. The Morgan fingerprint density at radius 3 is 2.18 bits per heavy atom. The Balaban J connectivity index is 1.54. The molecule has 172 valence electrons. The largest absolute Gasteiger partial charge is 0.372 e. The topological polar surface area (TPSA) is 52.7 Å². The molecule has 0 radical (unpaired) electrons. The standard InChI is InChI=1S/C28H26FN3O2/c1-18-5-6-19(2)24(17-18)32-27(33)25(20-7-9-21(29)10-8-20)26(28(32)34)30-22-11-13-23(14-12-22)31-15-3-4-16-31/h5-14,17,30H,3-4,15-16H2,1-2H3. The van der Waals surface area contributed by atoms with Crippen molar-refractivity contribution in [1.29, 1.82) is 0 Å². The molecule has 5 nitrogen and oxygen atoms in total. The van der Waals surface area contributed by atoms with E-state index < -0.39 is 17.6 Å². The quantitative estimate of drug-likeness (QED) is 0.521. The number of rotatable bonds is 5. The number of anilines is 3. The highest BCUT2D eigenvalue weighted by molar-refractivity contribution is 6.46. The maximum Gasteiger partial charge on any atom is 0.282 e. The highest BCUT2D eigenvalue weighted by Crippen LogP contribution is 2.36. The van der Waals surface area contributed by atoms with Gasteiger partial charge in [-0.3, -0.25) is 9.59 Å². The van der Waals surface area contributed by atoms with Crippen molar-refractivity contribution in [2.75, 3.05) is 28.2 Å². The number of imide groups is 1. The maximum absolute atomic E-state index is 13.6. The summed E-state index contributed by atoms with van der Waals surface area (Å²) in [5, 5.41) is 3.19. The number of hydrogen-bond acceptors (Lipinski definition) is 4. The molecule has 3 aromatic carbocycles. The first-order chi connectivity index (χ1) is 16.4. The van der Waals surface area contributed by atoms with Crippen molar-refractivity contribution in [2.24, 2.45) is 0 Å². The number of aryl methyl sites for hydroxylation is 2. The summed E-state index contributed by atoms with van der Waals surface area (Å²) in [6.07, 6.45) is 2.39. The van der Waals surface area contributed by atoms with E-state index in [1.165, 1.54) is 42.0 Å². The predicted octanol–water partition coefficient (Wildman–Crippen LogP) is 5.44. The van der Waals surface area contributed by atoms with E-state index in [1.807, 2.05) is 56.3 Å². The lowest BCUT2D eigenvalue weighted by Crippen LogP contribution is -2.33. The van der Waals surface area contributed by atoms with Crippen molar-refractivity contribution in [3.63, 3.8) is 0 Å². The smallest absolute Gasteiger partial charge is 0.282 e. The third-order valence-electron chi connectivity index (χ3n) is 6.43. The van der Waals surface area contributed by atoms with Crippen LogP contribution in [0.2, 0.25) is 0 Å². The molecule has 0 unspecified atom stereocenters. The summed E-state index contributed by atoms with van der Waals surface area (Å²) in [5.41, 5.74) is 5.08. The fraction of sp³-hybridized carbons (Fsp3) is 0.214. The maximum atomic E-state index is 13.6. The van der Waals surface area contributed by atoms with E-state index in [1.54, 1.807) is 0 Å². The molecule has 2 aliphatic rings. The number of benzene rings is 3. The van der Waals surface area contributed by atoms with Crippen LogP contribution in [0.3, 0.4) is 0 Å². The Bertz CT molecular complexity index is 1290. The van der Waals surface area contributed by atoms with Gasteiger partial charge in [0.25, 0.3) is 11.8 Å². The fourth-order valence-electron chi connectivity index (χ4n) is 4.58. The SMILES string of the molecule is Cc1ccc(C)c(N2C(=O)C(Nc3ccc(N4CCCC4)cc3)=C(c3ccc(F)cc3)C2=O)c1. The van der Waals surface area contributed by atoms with Gasteiger partial charge in [0.2, 0.25) is 0 Å². The van der Waals surface area contributed by atoms with Crippen LogP contribution in [0.5, 0.6) is 0 Å². The number of hydrogen-bond donors (Lipinski definition) is 1. The molecule has 0 bridgehead atoms. The minimum atomic E-state index is -0.429. The van der Waals surface area contributed by atoms with Crippen molar-refractivity contribution in [2.45, 2.75) is 26.7 Å². The fourth-order valence-corrected chi connectivity index (χ4v) is 4.58. The molecule has 0 saturated carbocycles. The van der Waals surface area contributed by atoms with E-state index in [2.05, 4.69) is 10.2 Å². The van der Waals surface area contributed by atoms with Crippen molar-refractivity contribution in [1.82, 2.24) is 0 Å². The van der Waals surface area contributed by atoms with Crippen molar-refractivity contribution >= 4 is 34.4 Å². The molecule has 2 heterocycles. The summed E-state index contributed by atoms with van der Waals surface area (Å²) in [5.74, 6) is -1.26. The van der Waals surface area contributed by atoms with Gasteiger partial charge in [0.05, 0.1) is 11.3 Å². The minimum Gasteiger partial charge on any atom is -0.372 e. The summed E-state index contributed by atoms with van der Waals surface area (Å²) in [6, 6.07) is 19.2. The molecule has 1 fully saturated rings. The number of amides is 2. The van der Waals surface area contributed by atoms with Gasteiger partial charge in [-0.15, -0.1) is 0 Å². The monoisotopic (exact) mass is 455 g/mol. The van der Waals surface area contributed by atoms with Crippen LogP contribution >= 0.6 is 0 Å². The molecule has 3 aromatic rings. The summed E-state index contributed by atoms with van der Waals surface area (Å²) in [7, 11) is 0. The molecule has 0 aromatic heterocycles. The summed E-state index contributed by atoms with van der Waals surface area (Å²) in [4.78, 5) is 30.8. The summed E-state index contributed by atoms with van der Waals surface area (Å²) in [6.45, 7) is 5.88. The minimum absolute atomic E-state index is 0.187. The number of carbonyl (C=O) groups is 2. The van der Waals surface area contributed by atoms with Crippen LogP contribution in [0.15, 0.2) is 72.4 Å². The molecule has 5 rings (SSSR count). The molecule has 6 heteroatoms. The molecular weight excluding hydrogens is 429 g/mol. The Morgan fingerprint density at radius 2 is 1.50 bits per heavy atom. The Hall–Kier alpha value is -3.93. The molecular formula is C28H26FN3O2. The Morgan fingerprint density at radius 1 is 0.824 bits per heavy atom. The first-order valence-corrected chi connectivity index (χ1v) is 11.5. The molecule has 34 heavy (non-hydrogen) atoms. The second kappa shape index (κ2) is 8.78.